The standard InChI is InChI=1S/C16H24N4O2/c1-11(14(21)20-9-7-16(5-6-16)8-10-20)17-15-19-18-13(22-15)12-3-2-4-12/h11-12H,2-10H2,1H3,(H,17,19)/t11-/m1/s1. The van der Waals surface area contributed by atoms with Gasteiger partial charge < -0.3 is 14.6 Å². The van der Waals surface area contributed by atoms with Gasteiger partial charge in [0.05, 0.1) is 0 Å². The van der Waals surface area contributed by atoms with Crippen molar-refractivity contribution < 1.29 is 9.21 Å². The van der Waals surface area contributed by atoms with Crippen LogP contribution in [0.2, 0.25) is 0 Å². The number of nitrogens with one attached hydrogen (secondary N) is 1. The Morgan fingerprint density at radius 1 is 1.27 bits per heavy atom. The molecule has 0 aromatic carbocycles. The molecule has 2 aliphatic carbocycles. The summed E-state index contributed by atoms with van der Waals surface area (Å²) in [6.45, 7) is 3.65. The van der Waals surface area contributed by atoms with Crippen LogP contribution in [0.15, 0.2) is 4.42 Å². The summed E-state index contributed by atoms with van der Waals surface area (Å²) in [7, 11) is 0. The van der Waals surface area contributed by atoms with E-state index in [1.807, 2.05) is 11.8 Å². The molecule has 1 aliphatic heterocycles. The molecule has 0 bridgehead atoms. The van der Waals surface area contributed by atoms with Crippen molar-refractivity contribution in [1.29, 1.82) is 0 Å². The molecule has 1 aromatic rings. The third kappa shape index (κ3) is 2.59. The van der Waals surface area contributed by atoms with Gasteiger partial charge in [-0.25, -0.2) is 0 Å². The molecule has 0 radical (unpaired) electrons. The minimum absolute atomic E-state index is 0.138. The van der Waals surface area contributed by atoms with Crippen LogP contribution >= 0.6 is 0 Å². The quantitative estimate of drug-likeness (QED) is 0.925. The smallest absolute Gasteiger partial charge is 0.316 e. The normalized spacial score (nSPS) is 24.9. The van der Waals surface area contributed by atoms with Crippen molar-refractivity contribution in [3.63, 3.8) is 0 Å². The van der Waals surface area contributed by atoms with E-state index in [9.17, 15) is 4.79 Å². The van der Waals surface area contributed by atoms with E-state index < -0.39 is 0 Å². The Morgan fingerprint density at radius 2 is 2.00 bits per heavy atom. The highest BCUT2D eigenvalue weighted by atomic mass is 16.4. The van der Waals surface area contributed by atoms with E-state index in [1.54, 1.807) is 0 Å². The van der Waals surface area contributed by atoms with Crippen LogP contribution in [0.1, 0.15) is 63.7 Å². The Morgan fingerprint density at radius 3 is 2.59 bits per heavy atom. The number of hydrogen-bond donors (Lipinski definition) is 1. The first-order valence-corrected chi connectivity index (χ1v) is 8.54. The van der Waals surface area contributed by atoms with Crippen molar-refractivity contribution in [2.75, 3.05) is 18.4 Å². The zero-order valence-corrected chi connectivity index (χ0v) is 13.2. The maximum Gasteiger partial charge on any atom is 0.316 e. The van der Waals surface area contributed by atoms with Gasteiger partial charge in [0.15, 0.2) is 0 Å². The molecule has 1 amide bonds. The van der Waals surface area contributed by atoms with Crippen LogP contribution in [0, 0.1) is 5.41 Å². The van der Waals surface area contributed by atoms with Gasteiger partial charge in [-0.1, -0.05) is 11.5 Å². The van der Waals surface area contributed by atoms with Gasteiger partial charge in [0.25, 0.3) is 0 Å². The van der Waals surface area contributed by atoms with Crippen molar-refractivity contribution in [3.05, 3.63) is 5.89 Å². The summed E-state index contributed by atoms with van der Waals surface area (Å²) >= 11 is 0. The number of carbonyl (C=O) groups is 1. The molecule has 120 valence electrons. The van der Waals surface area contributed by atoms with Crippen LogP contribution < -0.4 is 5.32 Å². The first kappa shape index (κ1) is 14.0. The highest BCUT2D eigenvalue weighted by Gasteiger charge is 2.45. The molecule has 1 atom stereocenters. The second-order valence-corrected chi connectivity index (χ2v) is 7.26. The molecule has 6 nitrogen and oxygen atoms in total. The molecule has 4 rings (SSSR count). The molecule has 3 aliphatic rings. The molecule has 3 fully saturated rings. The number of anilines is 1. The molecule has 1 saturated heterocycles. The molecule has 1 spiro atoms. The van der Waals surface area contributed by atoms with Crippen molar-refractivity contribution in [2.24, 2.45) is 5.41 Å². The zero-order valence-electron chi connectivity index (χ0n) is 13.2. The van der Waals surface area contributed by atoms with Crippen molar-refractivity contribution in [2.45, 2.75) is 63.8 Å². The Kier molecular flexibility index (Phi) is 3.35. The maximum atomic E-state index is 12.5. The van der Waals surface area contributed by atoms with Crippen LogP contribution in [-0.4, -0.2) is 40.1 Å². The zero-order chi connectivity index (χ0) is 15.2. The highest BCUT2D eigenvalue weighted by Crippen LogP contribution is 2.53. The van der Waals surface area contributed by atoms with E-state index in [0.29, 0.717) is 23.2 Å². The molecule has 1 N–H and O–H groups in total. The Labute approximate surface area is 130 Å². The van der Waals surface area contributed by atoms with Gasteiger partial charge in [-0.2, -0.15) is 0 Å². The van der Waals surface area contributed by atoms with Gasteiger partial charge in [-0.3, -0.25) is 4.79 Å². The first-order chi connectivity index (χ1) is 10.7. The van der Waals surface area contributed by atoms with E-state index >= 15 is 0 Å². The average molecular weight is 304 g/mol. The summed E-state index contributed by atoms with van der Waals surface area (Å²) in [6.07, 6.45) is 8.54. The summed E-state index contributed by atoms with van der Waals surface area (Å²) in [5.74, 6) is 1.27. The molecule has 6 heteroatoms. The molecule has 0 unspecified atom stereocenters. The van der Waals surface area contributed by atoms with Crippen LogP contribution in [0.5, 0.6) is 0 Å². The number of aromatic nitrogens is 2. The van der Waals surface area contributed by atoms with Crippen LogP contribution in [0.25, 0.3) is 0 Å². The molecule has 2 saturated carbocycles. The fourth-order valence-corrected chi connectivity index (χ4v) is 3.51. The SMILES string of the molecule is C[C@@H](Nc1nnc(C2CCC2)o1)C(=O)N1CCC2(CC1)CC2. The van der Waals surface area contributed by atoms with Crippen molar-refractivity contribution in [1.82, 2.24) is 15.1 Å². The third-order valence-corrected chi connectivity index (χ3v) is 5.70. The minimum Gasteiger partial charge on any atom is -0.408 e. The second kappa shape index (κ2) is 5.25. The molecule has 22 heavy (non-hydrogen) atoms. The molecule has 1 aromatic heterocycles. The lowest BCUT2D eigenvalue weighted by Gasteiger charge is -2.33. The van der Waals surface area contributed by atoms with Crippen LogP contribution in [0.4, 0.5) is 6.01 Å². The van der Waals surface area contributed by atoms with Gasteiger partial charge in [0.2, 0.25) is 11.8 Å². The number of carbonyl (C=O) groups excluding carboxylic acids is 1. The van der Waals surface area contributed by atoms with Gasteiger partial charge in [-0.05, 0) is 50.9 Å². The second-order valence-electron chi connectivity index (χ2n) is 7.26. The topological polar surface area (TPSA) is 71.3 Å². The van der Waals surface area contributed by atoms with Gasteiger partial charge >= 0.3 is 6.01 Å². The number of piperidine rings is 1. The predicted octanol–water partition coefficient (Wildman–Crippen LogP) is 2.54. The molecule has 2 heterocycles. The van der Waals surface area contributed by atoms with Crippen molar-refractivity contribution >= 4 is 11.9 Å². The van der Waals surface area contributed by atoms with Crippen LogP contribution in [-0.2, 0) is 4.79 Å². The Hall–Kier alpha value is -1.59. The fourth-order valence-electron chi connectivity index (χ4n) is 3.51. The predicted molar refractivity (Wildman–Crippen MR) is 81.5 cm³/mol. The fraction of sp³-hybridized carbons (Fsp3) is 0.812. The Bertz CT molecular complexity index is 552. The first-order valence-electron chi connectivity index (χ1n) is 8.54. The summed E-state index contributed by atoms with van der Waals surface area (Å²) in [6, 6.07) is 0.0568. The average Bonchev–Trinajstić information content (AvgIpc) is 3.06. The van der Waals surface area contributed by atoms with E-state index in [4.69, 9.17) is 4.42 Å². The van der Waals surface area contributed by atoms with E-state index in [0.717, 1.165) is 38.8 Å². The Balaban J connectivity index is 1.31. The lowest BCUT2D eigenvalue weighted by atomic mass is 9.85. The number of hydrogen-bond acceptors (Lipinski definition) is 5. The highest BCUT2D eigenvalue weighted by molar-refractivity contribution is 5.83. The summed E-state index contributed by atoms with van der Waals surface area (Å²) in [5, 5.41) is 11.2. The van der Waals surface area contributed by atoms with Crippen molar-refractivity contribution in [3.8, 4) is 0 Å². The van der Waals surface area contributed by atoms with E-state index in [-0.39, 0.29) is 11.9 Å². The molecular weight excluding hydrogens is 280 g/mol. The minimum atomic E-state index is -0.317. The van der Waals surface area contributed by atoms with E-state index in [1.165, 1.54) is 19.3 Å². The maximum absolute atomic E-state index is 12.5. The third-order valence-electron chi connectivity index (χ3n) is 5.70. The molecular formula is C16H24N4O2. The van der Waals surface area contributed by atoms with Gasteiger partial charge in [-0.15, -0.1) is 5.10 Å². The van der Waals surface area contributed by atoms with Gasteiger partial charge in [0.1, 0.15) is 6.04 Å². The lowest BCUT2D eigenvalue weighted by molar-refractivity contribution is -0.133. The van der Waals surface area contributed by atoms with Gasteiger partial charge in [0, 0.05) is 19.0 Å². The van der Waals surface area contributed by atoms with E-state index in [2.05, 4.69) is 15.5 Å². The van der Waals surface area contributed by atoms with Crippen LogP contribution in [0.3, 0.4) is 0 Å². The number of nitrogens with zero attached hydrogens (tertiary/aromatic N) is 3. The summed E-state index contributed by atoms with van der Waals surface area (Å²) in [5.41, 5.74) is 0.595. The monoisotopic (exact) mass is 304 g/mol. The summed E-state index contributed by atoms with van der Waals surface area (Å²) < 4.78 is 5.63. The number of amides is 1. The largest absolute Gasteiger partial charge is 0.408 e. The number of likely N-dealkylation sites (tertiary alicyclic amines) is 1. The lowest BCUT2D eigenvalue weighted by Crippen LogP contribution is -2.45. The summed E-state index contributed by atoms with van der Waals surface area (Å²) in [4.78, 5) is 14.5. The number of rotatable bonds is 4.